The quantitative estimate of drug-likeness (QED) is 0.636. The van der Waals surface area contributed by atoms with Crippen LogP contribution in [-0.2, 0) is 0 Å². The van der Waals surface area contributed by atoms with Crippen molar-refractivity contribution in [1.29, 1.82) is 0 Å². The predicted molar refractivity (Wildman–Crippen MR) is 105 cm³/mol. The lowest BCUT2D eigenvalue weighted by atomic mass is 9.97. The molecule has 0 heterocycles. The molecule has 2 aromatic rings. The molecule has 0 radical (unpaired) electrons. The van der Waals surface area contributed by atoms with Crippen LogP contribution in [-0.4, -0.2) is 20.4 Å². The molecule has 1 atom stereocenters. The van der Waals surface area contributed by atoms with Gasteiger partial charge in [0.05, 0.1) is 12.8 Å². The highest BCUT2D eigenvalue weighted by Crippen LogP contribution is 2.26. The van der Waals surface area contributed by atoms with E-state index in [0.29, 0.717) is 5.92 Å². The molecule has 0 saturated heterocycles. The minimum Gasteiger partial charge on any atom is -0.497 e. The molecule has 0 aromatic heterocycles. The van der Waals surface area contributed by atoms with Crippen molar-refractivity contribution in [3.05, 3.63) is 59.7 Å². The number of allylic oxidation sites excluding steroid dienone is 1. The maximum absolute atomic E-state index is 5.30. The summed E-state index contributed by atoms with van der Waals surface area (Å²) in [6.45, 7) is 8.78. The van der Waals surface area contributed by atoms with Crippen molar-refractivity contribution in [2.24, 2.45) is 4.99 Å². The first-order valence-electron chi connectivity index (χ1n) is 8.29. The Morgan fingerprint density at radius 3 is 2.79 bits per heavy atom. The number of benzene rings is 2. The maximum Gasteiger partial charge on any atom is 0.119 e. The standard InChI is InChI=1S/C21H26N2O/c1-5-7-18-14-19(10-11-21(18)22-3)23-13-12-16(2)17-8-6-9-20(15-17)24-4/h5-11,14-16,23H,3,12-13H2,1-2,4H3/b7-5-. The van der Waals surface area contributed by atoms with Crippen LogP contribution in [0, 0.1) is 0 Å². The van der Waals surface area contributed by atoms with Crippen molar-refractivity contribution in [3.8, 4) is 5.75 Å². The molecule has 0 amide bonds. The Balaban J connectivity index is 1.96. The second-order valence-corrected chi connectivity index (χ2v) is 5.82. The van der Waals surface area contributed by atoms with E-state index < -0.39 is 0 Å². The number of nitrogens with one attached hydrogen (secondary N) is 1. The number of nitrogens with zero attached hydrogens (tertiary/aromatic N) is 1. The van der Waals surface area contributed by atoms with Gasteiger partial charge < -0.3 is 10.1 Å². The van der Waals surface area contributed by atoms with Crippen molar-refractivity contribution < 1.29 is 4.74 Å². The first-order valence-corrected chi connectivity index (χ1v) is 8.29. The van der Waals surface area contributed by atoms with E-state index >= 15 is 0 Å². The largest absolute Gasteiger partial charge is 0.497 e. The van der Waals surface area contributed by atoms with Crippen LogP contribution >= 0.6 is 0 Å². The second-order valence-electron chi connectivity index (χ2n) is 5.82. The molecule has 126 valence electrons. The average Bonchev–Trinajstić information content (AvgIpc) is 2.62. The Kier molecular flexibility index (Phi) is 6.62. The van der Waals surface area contributed by atoms with E-state index in [1.54, 1.807) is 7.11 Å². The van der Waals surface area contributed by atoms with Crippen LogP contribution in [0.5, 0.6) is 5.75 Å². The lowest BCUT2D eigenvalue weighted by Gasteiger charge is -2.14. The van der Waals surface area contributed by atoms with E-state index in [9.17, 15) is 0 Å². The zero-order valence-electron chi connectivity index (χ0n) is 14.8. The Labute approximate surface area is 145 Å². The van der Waals surface area contributed by atoms with Crippen molar-refractivity contribution >= 4 is 24.2 Å². The lowest BCUT2D eigenvalue weighted by molar-refractivity contribution is 0.414. The SMILES string of the molecule is C=Nc1ccc(NCCC(C)c2cccc(OC)c2)cc1/C=C\C. The zero-order valence-corrected chi connectivity index (χ0v) is 14.8. The number of hydrogen-bond donors (Lipinski definition) is 1. The molecule has 2 aromatic carbocycles. The summed E-state index contributed by atoms with van der Waals surface area (Å²) in [5.41, 5.74) is 4.40. The molecular weight excluding hydrogens is 296 g/mol. The van der Waals surface area contributed by atoms with E-state index in [0.717, 1.165) is 35.7 Å². The van der Waals surface area contributed by atoms with E-state index in [2.05, 4.69) is 42.1 Å². The van der Waals surface area contributed by atoms with Gasteiger partial charge >= 0.3 is 0 Å². The van der Waals surface area contributed by atoms with Crippen LogP contribution in [0.2, 0.25) is 0 Å². The Hall–Kier alpha value is -2.55. The fourth-order valence-electron chi connectivity index (χ4n) is 2.67. The van der Waals surface area contributed by atoms with Gasteiger partial charge in [-0.2, -0.15) is 0 Å². The average molecular weight is 322 g/mol. The van der Waals surface area contributed by atoms with Crippen molar-refractivity contribution in [1.82, 2.24) is 0 Å². The molecule has 0 spiro atoms. The van der Waals surface area contributed by atoms with Crippen molar-refractivity contribution in [2.45, 2.75) is 26.2 Å². The third kappa shape index (κ3) is 4.72. The number of rotatable bonds is 8. The molecule has 0 bridgehead atoms. The molecule has 2 rings (SSSR count). The van der Waals surface area contributed by atoms with Crippen LogP contribution in [0.15, 0.2) is 53.5 Å². The smallest absolute Gasteiger partial charge is 0.119 e. The van der Waals surface area contributed by atoms with Crippen LogP contribution in [0.25, 0.3) is 6.08 Å². The molecule has 0 saturated carbocycles. The second kappa shape index (κ2) is 8.92. The highest BCUT2D eigenvalue weighted by Gasteiger charge is 2.07. The summed E-state index contributed by atoms with van der Waals surface area (Å²) < 4.78 is 5.30. The monoisotopic (exact) mass is 322 g/mol. The third-order valence-electron chi connectivity index (χ3n) is 4.11. The first kappa shape index (κ1) is 17.8. The summed E-state index contributed by atoms with van der Waals surface area (Å²) in [5.74, 6) is 1.38. The van der Waals surface area contributed by atoms with Gasteiger partial charge in [0, 0.05) is 17.8 Å². The summed E-state index contributed by atoms with van der Waals surface area (Å²) in [4.78, 5) is 4.05. The number of methoxy groups -OCH3 is 1. The van der Waals surface area contributed by atoms with Crippen LogP contribution < -0.4 is 10.1 Å². The van der Waals surface area contributed by atoms with Gasteiger partial charge in [-0.3, -0.25) is 4.99 Å². The van der Waals surface area contributed by atoms with Crippen LogP contribution in [0.4, 0.5) is 11.4 Å². The molecule has 24 heavy (non-hydrogen) atoms. The summed E-state index contributed by atoms with van der Waals surface area (Å²) in [6, 6.07) is 14.4. The highest BCUT2D eigenvalue weighted by molar-refractivity contribution is 5.70. The predicted octanol–water partition coefficient (Wildman–Crippen LogP) is 5.67. The van der Waals surface area contributed by atoms with E-state index in [4.69, 9.17) is 4.74 Å². The Bertz CT molecular complexity index is 707. The number of hydrogen-bond acceptors (Lipinski definition) is 3. The first-order chi connectivity index (χ1) is 11.7. The fourth-order valence-corrected chi connectivity index (χ4v) is 2.67. The fraction of sp³-hybridized carbons (Fsp3) is 0.286. The summed E-state index contributed by atoms with van der Waals surface area (Å²) in [6.07, 6.45) is 5.11. The van der Waals surface area contributed by atoms with Crippen LogP contribution in [0.1, 0.15) is 37.3 Å². The molecule has 3 heteroatoms. The van der Waals surface area contributed by atoms with E-state index in [1.165, 1.54) is 5.56 Å². The summed E-state index contributed by atoms with van der Waals surface area (Å²) in [7, 11) is 1.70. The van der Waals surface area contributed by atoms with Crippen LogP contribution in [0.3, 0.4) is 0 Å². The van der Waals surface area contributed by atoms with E-state index in [1.807, 2.05) is 43.3 Å². The molecule has 1 N–H and O–H groups in total. The number of anilines is 1. The molecule has 0 fully saturated rings. The Morgan fingerprint density at radius 1 is 1.25 bits per heavy atom. The normalized spacial score (nSPS) is 12.1. The van der Waals surface area contributed by atoms with Gasteiger partial charge in [-0.05, 0) is 61.9 Å². The summed E-state index contributed by atoms with van der Waals surface area (Å²) >= 11 is 0. The zero-order chi connectivity index (χ0) is 17.4. The van der Waals surface area contributed by atoms with Gasteiger partial charge in [0.15, 0.2) is 0 Å². The molecule has 0 aliphatic rings. The van der Waals surface area contributed by atoms with Gasteiger partial charge in [0.25, 0.3) is 0 Å². The Morgan fingerprint density at radius 2 is 2.08 bits per heavy atom. The van der Waals surface area contributed by atoms with E-state index in [-0.39, 0.29) is 0 Å². The maximum atomic E-state index is 5.30. The topological polar surface area (TPSA) is 33.6 Å². The van der Waals surface area contributed by atoms with Gasteiger partial charge in [0.2, 0.25) is 0 Å². The highest BCUT2D eigenvalue weighted by atomic mass is 16.5. The minimum absolute atomic E-state index is 0.469. The van der Waals surface area contributed by atoms with Crippen molar-refractivity contribution in [2.75, 3.05) is 19.0 Å². The number of ether oxygens (including phenoxy) is 1. The van der Waals surface area contributed by atoms with Gasteiger partial charge in [0.1, 0.15) is 5.75 Å². The number of aliphatic imine (C=N–C) groups is 1. The molecule has 3 nitrogen and oxygen atoms in total. The lowest BCUT2D eigenvalue weighted by Crippen LogP contribution is -2.06. The molecule has 1 unspecified atom stereocenters. The van der Waals surface area contributed by atoms with Crippen molar-refractivity contribution in [3.63, 3.8) is 0 Å². The third-order valence-corrected chi connectivity index (χ3v) is 4.11. The van der Waals surface area contributed by atoms with Gasteiger partial charge in [-0.15, -0.1) is 0 Å². The van der Waals surface area contributed by atoms with Gasteiger partial charge in [-0.25, -0.2) is 0 Å². The molecule has 0 aliphatic carbocycles. The molecular formula is C21H26N2O. The molecule has 0 aliphatic heterocycles. The summed E-state index contributed by atoms with van der Waals surface area (Å²) in [5, 5.41) is 3.50. The minimum atomic E-state index is 0.469. The van der Waals surface area contributed by atoms with Gasteiger partial charge in [-0.1, -0.05) is 31.2 Å².